The molecule has 0 saturated carbocycles. The van der Waals surface area contributed by atoms with Crippen molar-refractivity contribution in [2.75, 3.05) is 35.3 Å². The second kappa shape index (κ2) is 8.44. The molecular formula is C16H17N5O5S2. The summed E-state index contributed by atoms with van der Waals surface area (Å²) in [4.78, 5) is 32.7. The van der Waals surface area contributed by atoms with Crippen LogP contribution in [0.15, 0.2) is 41.6 Å². The number of nitrogens with zero attached hydrogens (tertiary/aromatic N) is 3. The number of hydrogen-bond acceptors (Lipinski definition) is 8. The fraction of sp³-hybridized carbons (Fsp3) is 0.250. The third kappa shape index (κ3) is 4.89. The number of aromatic nitrogens is 2. The van der Waals surface area contributed by atoms with Crippen LogP contribution in [0.2, 0.25) is 0 Å². The average Bonchev–Trinajstić information content (AvgIpc) is 3.07. The normalized spacial score (nSPS) is 14.0. The molecule has 1 fully saturated rings. The zero-order valence-corrected chi connectivity index (χ0v) is 16.4. The molecule has 1 aromatic heterocycles. The number of rotatable bonds is 7. The summed E-state index contributed by atoms with van der Waals surface area (Å²) in [6.07, 6.45) is 2.68. The van der Waals surface area contributed by atoms with Gasteiger partial charge in [-0.05, 0) is 24.3 Å². The second-order valence-corrected chi connectivity index (χ2v) is 8.33. The van der Waals surface area contributed by atoms with E-state index in [4.69, 9.17) is 4.74 Å². The first-order valence-corrected chi connectivity index (χ1v) is 10.7. The van der Waals surface area contributed by atoms with Gasteiger partial charge in [-0.15, -0.1) is 11.8 Å². The standard InChI is InChI=1S/C16H17N5O5S2/c1-26-12-6-17-16(18-7-12)20-28(24,25)13-4-2-11(3-5-13)19-14(22)8-21-10-27-9-15(21)23/h2-7H,8-10H2,1H3,(H,19,22)(H,17,18,20). The molecule has 1 saturated heterocycles. The van der Waals surface area contributed by atoms with Crippen LogP contribution >= 0.6 is 11.8 Å². The first-order chi connectivity index (χ1) is 13.4. The molecule has 2 amide bonds. The molecule has 0 bridgehead atoms. The topological polar surface area (TPSA) is 131 Å². The van der Waals surface area contributed by atoms with Gasteiger partial charge in [-0.25, -0.2) is 23.1 Å². The van der Waals surface area contributed by atoms with Gasteiger partial charge in [0.05, 0.1) is 36.0 Å². The van der Waals surface area contributed by atoms with Gasteiger partial charge in [-0.3, -0.25) is 9.59 Å². The van der Waals surface area contributed by atoms with E-state index >= 15 is 0 Å². The van der Waals surface area contributed by atoms with Crippen LogP contribution in [0, 0.1) is 0 Å². The van der Waals surface area contributed by atoms with E-state index in [2.05, 4.69) is 20.0 Å². The van der Waals surface area contributed by atoms with Crippen LogP contribution in [0.4, 0.5) is 11.6 Å². The molecule has 148 valence electrons. The fourth-order valence-electron chi connectivity index (χ4n) is 2.28. The van der Waals surface area contributed by atoms with Crippen LogP contribution in [-0.4, -0.2) is 60.4 Å². The van der Waals surface area contributed by atoms with E-state index in [1.807, 2.05) is 0 Å². The van der Waals surface area contributed by atoms with Crippen molar-refractivity contribution in [1.82, 2.24) is 14.9 Å². The quantitative estimate of drug-likeness (QED) is 0.667. The molecule has 0 unspecified atom stereocenters. The molecule has 1 aliphatic heterocycles. The third-order valence-corrected chi connectivity index (χ3v) is 5.99. The number of benzene rings is 1. The van der Waals surface area contributed by atoms with Crippen molar-refractivity contribution in [3.63, 3.8) is 0 Å². The highest BCUT2D eigenvalue weighted by Crippen LogP contribution is 2.18. The van der Waals surface area contributed by atoms with E-state index in [-0.39, 0.29) is 29.2 Å². The Morgan fingerprint density at radius 2 is 1.93 bits per heavy atom. The number of thioether (sulfide) groups is 1. The van der Waals surface area contributed by atoms with Crippen molar-refractivity contribution in [3.05, 3.63) is 36.7 Å². The molecule has 2 aromatic rings. The summed E-state index contributed by atoms with van der Waals surface area (Å²) in [7, 11) is -2.44. The maximum Gasteiger partial charge on any atom is 0.264 e. The fourth-order valence-corrected chi connectivity index (χ4v) is 4.15. The largest absolute Gasteiger partial charge is 0.494 e. The van der Waals surface area contributed by atoms with Crippen LogP contribution in [0.5, 0.6) is 5.75 Å². The molecular weight excluding hydrogens is 406 g/mol. The van der Waals surface area contributed by atoms with Crippen molar-refractivity contribution in [3.8, 4) is 5.75 Å². The highest BCUT2D eigenvalue weighted by Gasteiger charge is 2.23. The minimum Gasteiger partial charge on any atom is -0.494 e. The molecule has 3 rings (SSSR count). The lowest BCUT2D eigenvalue weighted by atomic mass is 10.3. The Kier molecular flexibility index (Phi) is 5.99. The Morgan fingerprint density at radius 1 is 1.25 bits per heavy atom. The van der Waals surface area contributed by atoms with Crippen LogP contribution in [0.1, 0.15) is 0 Å². The zero-order chi connectivity index (χ0) is 20.1. The van der Waals surface area contributed by atoms with E-state index in [0.717, 1.165) is 0 Å². The number of carbonyl (C=O) groups excluding carboxylic acids is 2. The molecule has 1 aromatic carbocycles. The van der Waals surface area contributed by atoms with Gasteiger partial charge in [0.2, 0.25) is 17.8 Å². The number of anilines is 2. The van der Waals surface area contributed by atoms with Crippen molar-refractivity contribution < 1.29 is 22.7 Å². The zero-order valence-electron chi connectivity index (χ0n) is 14.8. The van der Waals surface area contributed by atoms with E-state index in [0.29, 0.717) is 23.1 Å². The summed E-state index contributed by atoms with van der Waals surface area (Å²) in [5.74, 6) is 0.751. The minimum atomic E-state index is -3.89. The highest BCUT2D eigenvalue weighted by atomic mass is 32.2. The van der Waals surface area contributed by atoms with Crippen molar-refractivity contribution in [2.24, 2.45) is 0 Å². The lowest BCUT2D eigenvalue weighted by Gasteiger charge is -2.14. The Hall–Kier alpha value is -2.86. The van der Waals surface area contributed by atoms with Crippen molar-refractivity contribution >= 4 is 45.2 Å². The molecule has 12 heteroatoms. The average molecular weight is 423 g/mol. The molecule has 0 spiro atoms. The molecule has 10 nitrogen and oxygen atoms in total. The Balaban J connectivity index is 1.62. The van der Waals surface area contributed by atoms with Gasteiger partial charge in [-0.2, -0.15) is 0 Å². The summed E-state index contributed by atoms with van der Waals surface area (Å²) < 4.78 is 32.0. The summed E-state index contributed by atoms with van der Waals surface area (Å²) in [6, 6.07) is 5.61. The van der Waals surface area contributed by atoms with Gasteiger partial charge < -0.3 is 15.0 Å². The van der Waals surface area contributed by atoms with Gasteiger partial charge in [0.1, 0.15) is 6.54 Å². The van der Waals surface area contributed by atoms with E-state index in [9.17, 15) is 18.0 Å². The molecule has 1 aliphatic rings. The lowest BCUT2D eigenvalue weighted by Crippen LogP contribution is -2.34. The van der Waals surface area contributed by atoms with Crippen LogP contribution < -0.4 is 14.8 Å². The summed E-state index contributed by atoms with van der Waals surface area (Å²) >= 11 is 1.45. The summed E-state index contributed by atoms with van der Waals surface area (Å²) in [5, 5.41) is 2.63. The number of sulfonamides is 1. The van der Waals surface area contributed by atoms with Crippen LogP contribution in [0.25, 0.3) is 0 Å². The number of methoxy groups -OCH3 is 1. The van der Waals surface area contributed by atoms with E-state index in [1.165, 1.54) is 60.4 Å². The van der Waals surface area contributed by atoms with Gasteiger partial charge >= 0.3 is 0 Å². The second-order valence-electron chi connectivity index (χ2n) is 5.69. The summed E-state index contributed by atoms with van der Waals surface area (Å²) in [6.45, 7) is -0.0394. The molecule has 0 radical (unpaired) electrons. The monoisotopic (exact) mass is 423 g/mol. The Morgan fingerprint density at radius 3 is 2.50 bits per heavy atom. The third-order valence-electron chi connectivity index (χ3n) is 3.70. The number of carbonyl (C=O) groups is 2. The van der Waals surface area contributed by atoms with Crippen LogP contribution in [-0.2, 0) is 19.6 Å². The first kappa shape index (κ1) is 19.9. The Labute approximate surface area is 165 Å². The summed E-state index contributed by atoms with van der Waals surface area (Å²) in [5.41, 5.74) is 0.420. The van der Waals surface area contributed by atoms with Gasteiger partial charge in [0, 0.05) is 5.69 Å². The van der Waals surface area contributed by atoms with Gasteiger partial charge in [0.25, 0.3) is 10.0 Å². The van der Waals surface area contributed by atoms with Crippen molar-refractivity contribution in [2.45, 2.75) is 4.90 Å². The number of ether oxygens (including phenoxy) is 1. The maximum absolute atomic E-state index is 12.4. The Bertz CT molecular complexity index is 964. The van der Waals surface area contributed by atoms with Crippen molar-refractivity contribution in [1.29, 1.82) is 0 Å². The predicted molar refractivity (Wildman–Crippen MR) is 104 cm³/mol. The number of nitrogens with one attached hydrogen (secondary N) is 2. The lowest BCUT2D eigenvalue weighted by molar-refractivity contribution is -0.130. The SMILES string of the molecule is COc1cnc(NS(=O)(=O)c2ccc(NC(=O)CN3CSCC3=O)cc2)nc1. The molecule has 2 N–H and O–H groups in total. The maximum atomic E-state index is 12.4. The molecule has 2 heterocycles. The number of amides is 2. The highest BCUT2D eigenvalue weighted by molar-refractivity contribution is 8.00. The van der Waals surface area contributed by atoms with E-state index < -0.39 is 10.0 Å². The first-order valence-electron chi connectivity index (χ1n) is 8.02. The molecule has 28 heavy (non-hydrogen) atoms. The van der Waals surface area contributed by atoms with E-state index in [1.54, 1.807) is 0 Å². The number of hydrogen-bond donors (Lipinski definition) is 2. The van der Waals surface area contributed by atoms with Gasteiger partial charge in [0.15, 0.2) is 5.75 Å². The molecule has 0 aliphatic carbocycles. The predicted octanol–water partition coefficient (Wildman–Crippen LogP) is 0.757. The smallest absolute Gasteiger partial charge is 0.264 e. The minimum absolute atomic E-state index is 0.0176. The van der Waals surface area contributed by atoms with Gasteiger partial charge in [-0.1, -0.05) is 0 Å². The van der Waals surface area contributed by atoms with Crippen LogP contribution in [0.3, 0.4) is 0 Å². The molecule has 0 atom stereocenters.